The van der Waals surface area contributed by atoms with E-state index in [9.17, 15) is 5.11 Å². The van der Waals surface area contributed by atoms with Gasteiger partial charge in [-0.3, -0.25) is 0 Å². The van der Waals surface area contributed by atoms with Crippen LogP contribution in [0.2, 0.25) is 0 Å². The lowest BCUT2D eigenvalue weighted by Crippen LogP contribution is -2.26. The van der Waals surface area contributed by atoms with E-state index in [0.29, 0.717) is 46.7 Å². The Balaban J connectivity index is 1.14. The fourth-order valence-electron chi connectivity index (χ4n) is 7.54. The number of hydrogen-bond acceptors (Lipinski definition) is 5. The maximum atomic E-state index is 11.3. The summed E-state index contributed by atoms with van der Waals surface area (Å²) in [5.74, 6) is 3.66. The van der Waals surface area contributed by atoms with Crippen LogP contribution in [-0.4, -0.2) is 26.7 Å². The average molecular weight is 688 g/mol. The van der Waals surface area contributed by atoms with Crippen molar-refractivity contribution in [3.05, 3.63) is 127 Å². The third-order valence-electron chi connectivity index (χ3n) is 11.1. The van der Waals surface area contributed by atoms with Crippen molar-refractivity contribution in [3.63, 3.8) is 0 Å². The number of aromatic hydroxyl groups is 1. The molecule has 1 fully saturated rings. The SMILES string of the molecule is CC(C)(C)C1CCC(C(C)(C)CCOc2ccc(-c3nc(-c4ccc(-c5ccccc5)cc4)nc(-c4ccc(-c5ccccc5)cc4)n3)c(O)c2)C1. The first-order valence-corrected chi connectivity index (χ1v) is 18.6. The highest BCUT2D eigenvalue weighted by Crippen LogP contribution is 2.49. The third kappa shape index (κ3) is 7.94. The Morgan fingerprint density at radius 2 is 1.02 bits per heavy atom. The van der Waals surface area contributed by atoms with Gasteiger partial charge >= 0.3 is 0 Å². The van der Waals surface area contributed by atoms with Crippen molar-refractivity contribution in [2.24, 2.45) is 22.7 Å². The Morgan fingerprint density at radius 1 is 0.558 bits per heavy atom. The molecule has 0 aliphatic heterocycles. The number of phenolic OH excluding ortho intramolecular Hbond substituents is 1. The molecule has 0 radical (unpaired) electrons. The van der Waals surface area contributed by atoms with Crippen molar-refractivity contribution in [1.82, 2.24) is 15.0 Å². The number of ether oxygens (including phenoxy) is 1. The van der Waals surface area contributed by atoms with Gasteiger partial charge in [-0.25, -0.2) is 15.0 Å². The summed E-state index contributed by atoms with van der Waals surface area (Å²) in [6.45, 7) is 12.5. The van der Waals surface area contributed by atoms with Gasteiger partial charge < -0.3 is 9.84 Å². The summed E-state index contributed by atoms with van der Waals surface area (Å²) in [6.07, 6.45) is 4.85. The van der Waals surface area contributed by atoms with Gasteiger partial charge in [-0.15, -0.1) is 0 Å². The van der Waals surface area contributed by atoms with Gasteiger partial charge in [-0.2, -0.15) is 0 Å². The number of phenols is 1. The number of rotatable bonds is 10. The predicted molar refractivity (Wildman–Crippen MR) is 213 cm³/mol. The molecular formula is C47H49N3O2. The van der Waals surface area contributed by atoms with Crippen LogP contribution >= 0.6 is 0 Å². The summed E-state index contributed by atoms with van der Waals surface area (Å²) in [4.78, 5) is 14.7. The van der Waals surface area contributed by atoms with Gasteiger partial charge in [0.25, 0.3) is 0 Å². The first-order valence-electron chi connectivity index (χ1n) is 18.6. The predicted octanol–water partition coefficient (Wildman–Crippen LogP) is 12.2. The standard InChI is InChI=1S/C47H49N3O2/c1-46(2,3)38-24-25-39(30-38)47(4,5)28-29-52-40-26-27-41(42(51)31-40)45-49-43(36-20-16-34(17-21-36)32-12-8-6-9-13-32)48-44(50-45)37-22-18-35(19-23-37)33-14-10-7-11-15-33/h6-23,26-27,31,38-39,51H,24-25,28-30H2,1-5H3. The number of nitrogens with zero attached hydrogens (tertiary/aromatic N) is 3. The van der Waals surface area contributed by atoms with Gasteiger partial charge in [-0.05, 0) is 82.7 Å². The molecule has 7 rings (SSSR count). The van der Waals surface area contributed by atoms with Gasteiger partial charge in [0.1, 0.15) is 11.5 Å². The number of benzene rings is 5. The lowest BCUT2D eigenvalue weighted by molar-refractivity contribution is 0.142. The molecule has 1 N–H and O–H groups in total. The summed E-state index contributed by atoms with van der Waals surface area (Å²) in [5.41, 5.74) is 7.33. The second-order valence-electron chi connectivity index (χ2n) is 16.0. The molecule has 1 heterocycles. The quantitative estimate of drug-likeness (QED) is 0.155. The molecule has 1 aromatic heterocycles. The van der Waals surface area contributed by atoms with Crippen LogP contribution in [0.4, 0.5) is 0 Å². The molecule has 5 heteroatoms. The zero-order valence-corrected chi connectivity index (χ0v) is 31.0. The maximum absolute atomic E-state index is 11.3. The first-order chi connectivity index (χ1) is 25.0. The molecular weight excluding hydrogens is 639 g/mol. The summed E-state index contributed by atoms with van der Waals surface area (Å²) in [5, 5.41) is 11.3. The minimum absolute atomic E-state index is 0.0718. The molecule has 0 amide bonds. The van der Waals surface area contributed by atoms with Crippen LogP contribution in [0.15, 0.2) is 127 Å². The highest BCUT2D eigenvalue weighted by molar-refractivity contribution is 5.73. The van der Waals surface area contributed by atoms with Crippen LogP contribution in [0.3, 0.4) is 0 Å². The minimum atomic E-state index is 0.0718. The lowest BCUT2D eigenvalue weighted by Gasteiger charge is -2.33. The van der Waals surface area contributed by atoms with Gasteiger partial charge in [-0.1, -0.05) is 144 Å². The Kier molecular flexibility index (Phi) is 9.96. The zero-order valence-electron chi connectivity index (χ0n) is 31.0. The smallest absolute Gasteiger partial charge is 0.167 e. The molecule has 1 aliphatic carbocycles. The Labute approximate surface area is 308 Å². The molecule has 0 spiro atoms. The highest BCUT2D eigenvalue weighted by Gasteiger charge is 2.39. The molecule has 0 saturated heterocycles. The van der Waals surface area contributed by atoms with Crippen molar-refractivity contribution >= 4 is 0 Å². The van der Waals surface area contributed by atoms with Crippen LogP contribution in [0.25, 0.3) is 56.4 Å². The fraction of sp³-hybridized carbons (Fsp3) is 0.298. The number of aromatic nitrogens is 3. The summed E-state index contributed by atoms with van der Waals surface area (Å²) in [6, 6.07) is 42.5. The fourth-order valence-corrected chi connectivity index (χ4v) is 7.54. The average Bonchev–Trinajstić information content (AvgIpc) is 3.69. The third-order valence-corrected chi connectivity index (χ3v) is 11.1. The largest absolute Gasteiger partial charge is 0.507 e. The topological polar surface area (TPSA) is 68.1 Å². The molecule has 264 valence electrons. The maximum Gasteiger partial charge on any atom is 0.167 e. The van der Waals surface area contributed by atoms with E-state index in [1.54, 1.807) is 6.07 Å². The number of hydrogen-bond donors (Lipinski definition) is 1. The van der Waals surface area contributed by atoms with E-state index in [4.69, 9.17) is 19.7 Å². The second-order valence-corrected chi connectivity index (χ2v) is 16.0. The zero-order chi connectivity index (χ0) is 36.3. The van der Waals surface area contributed by atoms with Gasteiger partial charge in [0.2, 0.25) is 0 Å². The Morgan fingerprint density at radius 3 is 1.50 bits per heavy atom. The molecule has 5 nitrogen and oxygen atoms in total. The van der Waals surface area contributed by atoms with Crippen LogP contribution in [-0.2, 0) is 0 Å². The Bertz CT molecular complexity index is 2000. The Hall–Kier alpha value is -5.29. The summed E-state index contributed by atoms with van der Waals surface area (Å²) >= 11 is 0. The molecule has 1 aliphatic rings. The van der Waals surface area contributed by atoms with Gasteiger partial charge in [0, 0.05) is 17.2 Å². The molecule has 1 saturated carbocycles. The van der Waals surface area contributed by atoms with Crippen molar-refractivity contribution in [1.29, 1.82) is 0 Å². The van der Waals surface area contributed by atoms with Crippen LogP contribution < -0.4 is 4.74 Å². The molecule has 2 atom stereocenters. The summed E-state index contributed by atoms with van der Waals surface area (Å²) < 4.78 is 6.24. The second kappa shape index (κ2) is 14.7. The van der Waals surface area contributed by atoms with Crippen LogP contribution in [0.5, 0.6) is 11.5 Å². The van der Waals surface area contributed by atoms with E-state index < -0.39 is 0 Å². The van der Waals surface area contributed by atoms with Crippen molar-refractivity contribution in [2.45, 2.75) is 60.3 Å². The van der Waals surface area contributed by atoms with Gasteiger partial charge in [0.05, 0.1) is 12.2 Å². The molecule has 6 aromatic rings. The van der Waals surface area contributed by atoms with Crippen LogP contribution in [0, 0.1) is 22.7 Å². The molecule has 52 heavy (non-hydrogen) atoms. The highest BCUT2D eigenvalue weighted by atomic mass is 16.5. The van der Waals surface area contributed by atoms with Crippen molar-refractivity contribution < 1.29 is 9.84 Å². The van der Waals surface area contributed by atoms with E-state index in [0.717, 1.165) is 45.7 Å². The van der Waals surface area contributed by atoms with E-state index in [2.05, 4.69) is 83.1 Å². The molecule has 2 unspecified atom stereocenters. The molecule has 0 bridgehead atoms. The van der Waals surface area contributed by atoms with E-state index in [-0.39, 0.29) is 11.2 Å². The van der Waals surface area contributed by atoms with Crippen LogP contribution in [0.1, 0.15) is 60.3 Å². The van der Waals surface area contributed by atoms with Crippen molar-refractivity contribution in [3.8, 4) is 67.9 Å². The first kappa shape index (κ1) is 35.1. The minimum Gasteiger partial charge on any atom is -0.507 e. The van der Waals surface area contributed by atoms with Crippen molar-refractivity contribution in [2.75, 3.05) is 6.61 Å². The monoisotopic (exact) mass is 687 g/mol. The van der Waals surface area contributed by atoms with Gasteiger partial charge in [0.15, 0.2) is 17.5 Å². The molecule has 5 aromatic carbocycles. The van der Waals surface area contributed by atoms with E-state index in [1.807, 2.05) is 72.8 Å². The summed E-state index contributed by atoms with van der Waals surface area (Å²) in [7, 11) is 0. The van der Waals surface area contributed by atoms with E-state index >= 15 is 0 Å². The lowest BCUT2D eigenvalue weighted by atomic mass is 9.73. The van der Waals surface area contributed by atoms with E-state index in [1.165, 1.54) is 19.3 Å². The normalized spacial score (nSPS) is 16.2.